The number of carbonyl (C=O) groups is 1. The average Bonchev–Trinajstić information content (AvgIpc) is 2.19. The van der Waals surface area contributed by atoms with Gasteiger partial charge in [0.2, 0.25) is 5.91 Å². The number of aryl methyl sites for hydroxylation is 1. The van der Waals surface area contributed by atoms with Crippen molar-refractivity contribution in [1.29, 1.82) is 0 Å². The minimum atomic E-state index is -0.366. The quantitative estimate of drug-likeness (QED) is 0.787. The number of hydrogen-bond acceptors (Lipinski definition) is 3. The first-order valence-electron chi connectivity index (χ1n) is 5.28. The lowest BCUT2D eigenvalue weighted by atomic mass is 10.1. The van der Waals surface area contributed by atoms with Gasteiger partial charge in [-0.05, 0) is 19.9 Å². The average molecular weight is 222 g/mol. The van der Waals surface area contributed by atoms with Crippen molar-refractivity contribution < 1.29 is 9.53 Å². The molecule has 0 saturated carbocycles. The molecule has 0 saturated heterocycles. The summed E-state index contributed by atoms with van der Waals surface area (Å²) in [7, 11) is 0. The molecule has 1 aromatic rings. The van der Waals surface area contributed by atoms with E-state index >= 15 is 0 Å². The predicted molar refractivity (Wildman–Crippen MR) is 63.1 cm³/mol. The fraction of sp³-hybridized carbons (Fsp3) is 0.417. The Hall–Kier alpha value is -1.55. The Kier molecular flexibility index (Phi) is 4.31. The van der Waals surface area contributed by atoms with Gasteiger partial charge in [0, 0.05) is 11.6 Å². The topological polar surface area (TPSA) is 78.3 Å². The summed E-state index contributed by atoms with van der Waals surface area (Å²) in [4.78, 5) is 10.6. The van der Waals surface area contributed by atoms with Gasteiger partial charge < -0.3 is 16.2 Å². The Bertz CT molecular complexity index is 375. The third kappa shape index (κ3) is 3.55. The molecule has 0 bridgehead atoms. The molecule has 1 atom stereocenters. The Labute approximate surface area is 95.6 Å². The van der Waals surface area contributed by atoms with Crippen LogP contribution < -0.4 is 16.2 Å². The largest absolute Gasteiger partial charge is 0.493 e. The van der Waals surface area contributed by atoms with Crippen LogP contribution >= 0.6 is 0 Å². The van der Waals surface area contributed by atoms with Gasteiger partial charge in [-0.2, -0.15) is 0 Å². The molecule has 1 amide bonds. The lowest BCUT2D eigenvalue weighted by Crippen LogP contribution is -2.15. The van der Waals surface area contributed by atoms with Crippen LogP contribution in [-0.4, -0.2) is 12.5 Å². The van der Waals surface area contributed by atoms with Crippen LogP contribution in [0.1, 0.15) is 30.5 Å². The summed E-state index contributed by atoms with van der Waals surface area (Å²) in [5.41, 5.74) is 13.0. The van der Waals surface area contributed by atoms with Crippen LogP contribution in [0.25, 0.3) is 0 Å². The van der Waals surface area contributed by atoms with E-state index in [0.29, 0.717) is 0 Å². The van der Waals surface area contributed by atoms with Crippen molar-refractivity contribution >= 4 is 5.91 Å². The molecule has 88 valence electrons. The van der Waals surface area contributed by atoms with Crippen molar-refractivity contribution in [1.82, 2.24) is 0 Å². The minimum absolute atomic E-state index is 0.0940. The number of primary amides is 1. The van der Waals surface area contributed by atoms with Crippen molar-refractivity contribution in [2.75, 3.05) is 6.61 Å². The molecule has 4 heteroatoms. The summed E-state index contributed by atoms with van der Waals surface area (Å²) < 4.78 is 5.48. The number of hydrogen-bond donors (Lipinski definition) is 2. The lowest BCUT2D eigenvalue weighted by molar-refractivity contribution is -0.118. The zero-order valence-electron chi connectivity index (χ0n) is 9.69. The second-order valence-corrected chi connectivity index (χ2v) is 3.89. The molecule has 0 aromatic heterocycles. The van der Waals surface area contributed by atoms with Gasteiger partial charge in [0.05, 0.1) is 13.0 Å². The molecular formula is C12H18N2O2. The standard InChI is InChI=1S/C12H18N2O2/c1-8-3-4-11(10(7-8)9(2)13)16-6-5-12(14)15/h3-4,7,9H,5-6,13H2,1-2H3,(H2,14,15). The van der Waals surface area contributed by atoms with E-state index in [1.807, 2.05) is 32.0 Å². The molecule has 1 rings (SSSR count). The molecule has 1 unspecified atom stereocenters. The van der Waals surface area contributed by atoms with Gasteiger partial charge in [0.15, 0.2) is 0 Å². The van der Waals surface area contributed by atoms with E-state index in [0.717, 1.165) is 16.9 Å². The van der Waals surface area contributed by atoms with Crippen LogP contribution in [0.2, 0.25) is 0 Å². The molecule has 0 aliphatic rings. The number of ether oxygens (including phenoxy) is 1. The highest BCUT2D eigenvalue weighted by atomic mass is 16.5. The molecule has 0 fully saturated rings. The highest BCUT2D eigenvalue weighted by molar-refractivity contribution is 5.73. The highest BCUT2D eigenvalue weighted by Crippen LogP contribution is 2.24. The summed E-state index contributed by atoms with van der Waals surface area (Å²) in [5, 5.41) is 0. The molecule has 4 nitrogen and oxygen atoms in total. The van der Waals surface area contributed by atoms with E-state index in [4.69, 9.17) is 16.2 Å². The third-order valence-corrected chi connectivity index (χ3v) is 2.26. The highest BCUT2D eigenvalue weighted by Gasteiger charge is 2.08. The van der Waals surface area contributed by atoms with Gasteiger partial charge in [0.1, 0.15) is 5.75 Å². The van der Waals surface area contributed by atoms with Gasteiger partial charge in [-0.25, -0.2) is 0 Å². The van der Waals surface area contributed by atoms with Crippen LogP contribution in [0.4, 0.5) is 0 Å². The van der Waals surface area contributed by atoms with E-state index in [1.54, 1.807) is 0 Å². The smallest absolute Gasteiger partial charge is 0.220 e. The van der Waals surface area contributed by atoms with Gasteiger partial charge >= 0.3 is 0 Å². The van der Waals surface area contributed by atoms with Gasteiger partial charge in [-0.3, -0.25) is 4.79 Å². The molecule has 0 spiro atoms. The monoisotopic (exact) mass is 222 g/mol. The first-order chi connectivity index (χ1) is 7.50. The molecule has 4 N–H and O–H groups in total. The second-order valence-electron chi connectivity index (χ2n) is 3.89. The summed E-state index contributed by atoms with van der Waals surface area (Å²) in [6.45, 7) is 4.19. The second kappa shape index (κ2) is 5.51. The predicted octanol–water partition coefficient (Wildman–Crippen LogP) is 1.27. The molecular weight excluding hydrogens is 204 g/mol. The van der Waals surface area contributed by atoms with Gasteiger partial charge in [-0.15, -0.1) is 0 Å². The number of benzene rings is 1. The molecule has 0 heterocycles. The number of nitrogens with two attached hydrogens (primary N) is 2. The van der Waals surface area contributed by atoms with E-state index in [1.165, 1.54) is 0 Å². The Morgan fingerprint density at radius 2 is 2.19 bits per heavy atom. The van der Waals surface area contributed by atoms with Crippen molar-refractivity contribution in [3.8, 4) is 5.75 Å². The van der Waals surface area contributed by atoms with Crippen molar-refractivity contribution in [3.05, 3.63) is 29.3 Å². The number of carbonyl (C=O) groups excluding carboxylic acids is 1. The summed E-state index contributed by atoms with van der Waals surface area (Å²) >= 11 is 0. The molecule has 16 heavy (non-hydrogen) atoms. The van der Waals surface area contributed by atoms with Crippen molar-refractivity contribution in [2.24, 2.45) is 11.5 Å². The molecule has 0 radical (unpaired) electrons. The Morgan fingerprint density at radius 1 is 1.50 bits per heavy atom. The van der Waals surface area contributed by atoms with Crippen molar-refractivity contribution in [2.45, 2.75) is 26.3 Å². The summed E-state index contributed by atoms with van der Waals surface area (Å²) in [5.74, 6) is 0.358. The maximum atomic E-state index is 10.6. The first kappa shape index (κ1) is 12.5. The Morgan fingerprint density at radius 3 is 2.75 bits per heavy atom. The van der Waals surface area contributed by atoms with Crippen LogP contribution in [0.5, 0.6) is 5.75 Å². The van der Waals surface area contributed by atoms with Gasteiger partial charge in [-0.1, -0.05) is 17.7 Å². The Balaban J connectivity index is 2.74. The van der Waals surface area contributed by atoms with Crippen LogP contribution in [0, 0.1) is 6.92 Å². The normalized spacial score (nSPS) is 12.2. The van der Waals surface area contributed by atoms with Crippen LogP contribution in [-0.2, 0) is 4.79 Å². The minimum Gasteiger partial charge on any atom is -0.493 e. The summed E-state index contributed by atoms with van der Waals surface area (Å²) in [6, 6.07) is 5.72. The van der Waals surface area contributed by atoms with Gasteiger partial charge in [0.25, 0.3) is 0 Å². The lowest BCUT2D eigenvalue weighted by Gasteiger charge is -2.14. The molecule has 0 aliphatic carbocycles. The molecule has 0 aliphatic heterocycles. The zero-order chi connectivity index (χ0) is 12.1. The zero-order valence-corrected chi connectivity index (χ0v) is 9.69. The summed E-state index contributed by atoms with van der Waals surface area (Å²) in [6.07, 6.45) is 0.215. The molecule has 1 aromatic carbocycles. The fourth-order valence-electron chi connectivity index (χ4n) is 1.42. The van der Waals surface area contributed by atoms with Crippen LogP contribution in [0.3, 0.4) is 0 Å². The first-order valence-corrected chi connectivity index (χ1v) is 5.28. The van der Waals surface area contributed by atoms with Crippen molar-refractivity contribution in [3.63, 3.8) is 0 Å². The van der Waals surface area contributed by atoms with E-state index in [2.05, 4.69) is 0 Å². The fourth-order valence-corrected chi connectivity index (χ4v) is 1.42. The maximum Gasteiger partial charge on any atom is 0.220 e. The maximum absolute atomic E-state index is 10.6. The van der Waals surface area contributed by atoms with E-state index < -0.39 is 0 Å². The number of amides is 1. The van der Waals surface area contributed by atoms with Crippen LogP contribution in [0.15, 0.2) is 18.2 Å². The SMILES string of the molecule is Cc1ccc(OCCC(N)=O)c(C(C)N)c1. The van der Waals surface area contributed by atoms with E-state index in [-0.39, 0.29) is 25.0 Å². The van der Waals surface area contributed by atoms with E-state index in [9.17, 15) is 4.79 Å². The third-order valence-electron chi connectivity index (χ3n) is 2.26. The number of rotatable bonds is 5.